The lowest BCUT2D eigenvalue weighted by molar-refractivity contribution is -0.274. The predicted octanol–water partition coefficient (Wildman–Crippen LogP) is 3.04. The zero-order valence-electron chi connectivity index (χ0n) is 12.5. The van der Waals surface area contributed by atoms with Crippen molar-refractivity contribution in [3.63, 3.8) is 0 Å². The van der Waals surface area contributed by atoms with Crippen molar-refractivity contribution in [3.05, 3.63) is 65.7 Å². The highest BCUT2D eigenvalue weighted by molar-refractivity contribution is 5.99. The van der Waals surface area contributed by atoms with Crippen molar-refractivity contribution < 1.29 is 23.0 Å². The number of aliphatic hydroxyl groups excluding tert-OH is 1. The molecule has 0 aliphatic carbocycles. The second-order valence-electron chi connectivity index (χ2n) is 5.36. The molecule has 1 aliphatic rings. The molecule has 2 atom stereocenters. The van der Waals surface area contributed by atoms with Crippen molar-refractivity contribution >= 4 is 5.84 Å². The molecular weight excluding hydrogens is 321 g/mol. The van der Waals surface area contributed by atoms with Crippen LogP contribution < -0.4 is 10.1 Å². The number of rotatable bonds is 3. The molecule has 2 unspecified atom stereocenters. The third kappa shape index (κ3) is 3.86. The predicted molar refractivity (Wildman–Crippen MR) is 82.9 cm³/mol. The third-order valence-corrected chi connectivity index (χ3v) is 3.63. The Hall–Kier alpha value is -2.54. The molecule has 2 aromatic rings. The van der Waals surface area contributed by atoms with Crippen LogP contribution in [0.5, 0.6) is 5.75 Å². The SMILES string of the molecule is OC1CN=C(c2ccc(OC(F)(F)F)cc2)NC1c1ccccc1. The number of hydrogen-bond donors (Lipinski definition) is 2. The highest BCUT2D eigenvalue weighted by atomic mass is 19.4. The van der Waals surface area contributed by atoms with Gasteiger partial charge in [0.15, 0.2) is 0 Å². The van der Waals surface area contributed by atoms with Crippen LogP contribution in [0.25, 0.3) is 0 Å². The number of benzene rings is 2. The van der Waals surface area contributed by atoms with Crippen molar-refractivity contribution in [1.29, 1.82) is 0 Å². The van der Waals surface area contributed by atoms with E-state index in [0.717, 1.165) is 5.56 Å². The van der Waals surface area contributed by atoms with Gasteiger partial charge in [-0.15, -0.1) is 13.2 Å². The Morgan fingerprint density at radius 2 is 1.71 bits per heavy atom. The van der Waals surface area contributed by atoms with Gasteiger partial charge in [-0.3, -0.25) is 4.99 Å². The molecule has 126 valence electrons. The quantitative estimate of drug-likeness (QED) is 0.906. The standard InChI is InChI=1S/C17H15F3N2O2/c18-17(19,20)24-13-8-6-12(7-9-13)16-21-10-14(23)15(22-16)11-4-2-1-3-5-11/h1-9,14-15,23H,10H2,(H,21,22). The van der Waals surface area contributed by atoms with Gasteiger partial charge in [-0.25, -0.2) is 0 Å². The van der Waals surface area contributed by atoms with E-state index in [0.29, 0.717) is 11.4 Å². The maximum Gasteiger partial charge on any atom is 0.573 e. The van der Waals surface area contributed by atoms with Gasteiger partial charge >= 0.3 is 6.36 Å². The van der Waals surface area contributed by atoms with E-state index in [1.807, 2.05) is 30.3 Å². The fourth-order valence-electron chi connectivity index (χ4n) is 2.53. The highest BCUT2D eigenvalue weighted by Crippen LogP contribution is 2.25. The first-order valence-electron chi connectivity index (χ1n) is 7.32. The molecule has 0 fully saturated rings. The Morgan fingerprint density at radius 1 is 1.04 bits per heavy atom. The zero-order valence-corrected chi connectivity index (χ0v) is 12.5. The monoisotopic (exact) mass is 336 g/mol. The molecule has 1 heterocycles. The Morgan fingerprint density at radius 3 is 2.33 bits per heavy atom. The molecule has 0 saturated heterocycles. The van der Waals surface area contributed by atoms with E-state index in [2.05, 4.69) is 15.0 Å². The van der Waals surface area contributed by atoms with Crippen molar-refractivity contribution in [3.8, 4) is 5.75 Å². The number of nitrogens with zero attached hydrogens (tertiary/aromatic N) is 1. The minimum atomic E-state index is -4.72. The van der Waals surface area contributed by atoms with Crippen molar-refractivity contribution in [2.24, 2.45) is 4.99 Å². The molecule has 7 heteroatoms. The number of alkyl halides is 3. The second kappa shape index (κ2) is 6.52. The first-order chi connectivity index (χ1) is 11.4. The van der Waals surface area contributed by atoms with E-state index in [4.69, 9.17) is 0 Å². The molecule has 0 aromatic heterocycles. The normalized spacial score (nSPS) is 20.9. The Labute approximate surface area is 136 Å². The van der Waals surface area contributed by atoms with Gasteiger partial charge < -0.3 is 15.2 Å². The summed E-state index contributed by atoms with van der Waals surface area (Å²) < 4.78 is 40.4. The van der Waals surface area contributed by atoms with Gasteiger partial charge in [-0.05, 0) is 29.8 Å². The molecule has 0 spiro atoms. The van der Waals surface area contributed by atoms with Crippen molar-refractivity contribution in [1.82, 2.24) is 5.32 Å². The van der Waals surface area contributed by atoms with E-state index in [1.54, 1.807) is 0 Å². The summed E-state index contributed by atoms with van der Waals surface area (Å²) in [6.45, 7) is 0.211. The van der Waals surface area contributed by atoms with Gasteiger partial charge in [-0.1, -0.05) is 30.3 Å². The molecule has 4 nitrogen and oxygen atoms in total. The third-order valence-electron chi connectivity index (χ3n) is 3.63. The first kappa shape index (κ1) is 16.3. The van der Waals surface area contributed by atoms with Gasteiger partial charge in [0.1, 0.15) is 11.6 Å². The summed E-state index contributed by atoms with van der Waals surface area (Å²) in [5.41, 5.74) is 1.53. The summed E-state index contributed by atoms with van der Waals surface area (Å²) in [5.74, 6) is 0.231. The van der Waals surface area contributed by atoms with Gasteiger partial charge in [0.05, 0.1) is 18.7 Å². The lowest BCUT2D eigenvalue weighted by Gasteiger charge is -2.29. The fraction of sp³-hybridized carbons (Fsp3) is 0.235. The summed E-state index contributed by atoms with van der Waals surface area (Å²) in [4.78, 5) is 4.25. The Balaban J connectivity index is 1.77. The molecule has 24 heavy (non-hydrogen) atoms. The lowest BCUT2D eigenvalue weighted by atomic mass is 9.99. The second-order valence-corrected chi connectivity index (χ2v) is 5.36. The smallest absolute Gasteiger partial charge is 0.406 e. The van der Waals surface area contributed by atoms with Crippen LogP contribution in [0.2, 0.25) is 0 Å². The van der Waals surface area contributed by atoms with E-state index in [9.17, 15) is 18.3 Å². The number of aliphatic hydroxyl groups is 1. The molecular formula is C17H15F3N2O2. The van der Waals surface area contributed by atoms with Gasteiger partial charge in [0.25, 0.3) is 0 Å². The average Bonchev–Trinajstić information content (AvgIpc) is 2.55. The molecule has 0 radical (unpaired) electrons. The molecule has 0 saturated carbocycles. The van der Waals surface area contributed by atoms with Crippen LogP contribution in [0, 0.1) is 0 Å². The fourth-order valence-corrected chi connectivity index (χ4v) is 2.53. The number of hydrogen-bond acceptors (Lipinski definition) is 4. The zero-order chi connectivity index (χ0) is 17.2. The van der Waals surface area contributed by atoms with E-state index >= 15 is 0 Å². The van der Waals surface area contributed by atoms with Crippen LogP contribution in [0.4, 0.5) is 13.2 Å². The van der Waals surface area contributed by atoms with Crippen LogP contribution in [0.15, 0.2) is 59.6 Å². The molecule has 2 N–H and O–H groups in total. The first-order valence-corrected chi connectivity index (χ1v) is 7.32. The van der Waals surface area contributed by atoms with Crippen LogP contribution in [0.3, 0.4) is 0 Å². The van der Waals surface area contributed by atoms with Crippen LogP contribution in [-0.4, -0.2) is 30.0 Å². The van der Waals surface area contributed by atoms with Crippen LogP contribution in [-0.2, 0) is 0 Å². The van der Waals surface area contributed by atoms with Gasteiger partial charge in [0.2, 0.25) is 0 Å². The molecule has 2 aromatic carbocycles. The molecule has 3 rings (SSSR count). The molecule has 1 aliphatic heterocycles. The van der Waals surface area contributed by atoms with Crippen LogP contribution >= 0.6 is 0 Å². The minimum Gasteiger partial charge on any atom is -0.406 e. The summed E-state index contributed by atoms with van der Waals surface area (Å²) in [5, 5.41) is 13.3. The van der Waals surface area contributed by atoms with Gasteiger partial charge in [0, 0.05) is 5.56 Å². The maximum absolute atomic E-state index is 12.2. The van der Waals surface area contributed by atoms with Gasteiger partial charge in [-0.2, -0.15) is 0 Å². The number of aliphatic imine (C=N–C) groups is 1. The minimum absolute atomic E-state index is 0.211. The summed E-state index contributed by atoms with van der Waals surface area (Å²) in [7, 11) is 0. The van der Waals surface area contributed by atoms with Crippen LogP contribution in [0.1, 0.15) is 17.2 Å². The van der Waals surface area contributed by atoms with Crippen molar-refractivity contribution in [2.75, 3.05) is 6.54 Å². The maximum atomic E-state index is 12.2. The number of halogens is 3. The van der Waals surface area contributed by atoms with E-state index < -0.39 is 12.5 Å². The number of ether oxygens (including phenoxy) is 1. The summed E-state index contributed by atoms with van der Waals surface area (Å²) in [6.07, 6.45) is -5.39. The molecule has 0 amide bonds. The number of amidine groups is 1. The van der Waals surface area contributed by atoms with E-state index in [-0.39, 0.29) is 18.3 Å². The van der Waals surface area contributed by atoms with Crippen molar-refractivity contribution in [2.45, 2.75) is 18.5 Å². The molecule has 0 bridgehead atoms. The number of nitrogens with one attached hydrogen (secondary N) is 1. The largest absolute Gasteiger partial charge is 0.573 e. The van der Waals surface area contributed by atoms with E-state index in [1.165, 1.54) is 24.3 Å². The average molecular weight is 336 g/mol. The highest BCUT2D eigenvalue weighted by Gasteiger charge is 2.31. The lowest BCUT2D eigenvalue weighted by Crippen LogP contribution is -2.42. The summed E-state index contributed by atoms with van der Waals surface area (Å²) in [6, 6.07) is 14.5. The summed E-state index contributed by atoms with van der Waals surface area (Å²) >= 11 is 0. The topological polar surface area (TPSA) is 53.9 Å². The Bertz CT molecular complexity index is 715. The Kier molecular flexibility index (Phi) is 4.44.